The van der Waals surface area contributed by atoms with Crippen LogP contribution in [-0.2, 0) is 0 Å². The van der Waals surface area contributed by atoms with Crippen molar-refractivity contribution in [1.29, 1.82) is 0 Å². The smallest absolute Gasteiger partial charge is 0.257 e. The first-order valence-electron chi connectivity index (χ1n) is 5.68. The van der Waals surface area contributed by atoms with Crippen LogP contribution < -0.4 is 5.32 Å². The van der Waals surface area contributed by atoms with E-state index >= 15 is 0 Å². The van der Waals surface area contributed by atoms with Gasteiger partial charge in [0.2, 0.25) is 0 Å². The molecule has 2 aromatic rings. The minimum Gasteiger partial charge on any atom is -0.298 e. The van der Waals surface area contributed by atoms with E-state index in [0.717, 1.165) is 14.6 Å². The molecule has 0 fully saturated rings. The van der Waals surface area contributed by atoms with Crippen LogP contribution in [0.3, 0.4) is 0 Å². The maximum Gasteiger partial charge on any atom is 0.257 e. The molecule has 100 valence electrons. The number of nitrogens with one attached hydrogen (secondary N) is 1. The first kappa shape index (κ1) is 14.7. The predicted octanol–water partition coefficient (Wildman–Crippen LogP) is 5.04. The van der Waals surface area contributed by atoms with Crippen molar-refractivity contribution >= 4 is 54.2 Å². The monoisotopic (exact) mass is 402 g/mol. The summed E-state index contributed by atoms with van der Waals surface area (Å²) in [4.78, 5) is 16.5. The van der Waals surface area contributed by atoms with Crippen LogP contribution in [0.25, 0.3) is 0 Å². The van der Waals surface area contributed by atoms with E-state index < -0.39 is 0 Å². The van der Waals surface area contributed by atoms with Crippen molar-refractivity contribution in [2.75, 3.05) is 5.32 Å². The number of amides is 1. The van der Waals surface area contributed by atoms with Crippen LogP contribution in [0.15, 0.2) is 32.5 Å². The molecule has 0 spiro atoms. The van der Waals surface area contributed by atoms with Gasteiger partial charge in [0.15, 0.2) is 5.13 Å². The van der Waals surface area contributed by atoms with E-state index in [1.165, 1.54) is 11.3 Å². The number of carbonyl (C=O) groups excluding carboxylic acids is 1. The molecular formula is C13H12Br2N2OS. The number of halogens is 2. The molecule has 0 saturated carbocycles. The van der Waals surface area contributed by atoms with Crippen LogP contribution >= 0.6 is 43.2 Å². The van der Waals surface area contributed by atoms with Crippen molar-refractivity contribution < 1.29 is 4.79 Å². The zero-order valence-corrected chi connectivity index (χ0v) is 14.4. The first-order chi connectivity index (χ1) is 8.95. The highest BCUT2D eigenvalue weighted by Gasteiger charge is 2.11. The molecule has 0 aliphatic heterocycles. The molecule has 0 aliphatic rings. The van der Waals surface area contributed by atoms with Crippen LogP contribution in [0, 0.1) is 0 Å². The van der Waals surface area contributed by atoms with Gasteiger partial charge < -0.3 is 0 Å². The SMILES string of the molecule is CC(C)c1csc(NC(=O)c2cc(Br)cc(Br)c2)n1. The largest absolute Gasteiger partial charge is 0.298 e. The molecular weight excluding hydrogens is 392 g/mol. The van der Waals surface area contributed by atoms with Gasteiger partial charge in [0.25, 0.3) is 5.91 Å². The number of rotatable bonds is 3. The average molecular weight is 404 g/mol. The zero-order valence-electron chi connectivity index (χ0n) is 10.4. The van der Waals surface area contributed by atoms with Crippen molar-refractivity contribution in [3.63, 3.8) is 0 Å². The maximum absolute atomic E-state index is 12.1. The summed E-state index contributed by atoms with van der Waals surface area (Å²) < 4.78 is 1.71. The summed E-state index contributed by atoms with van der Waals surface area (Å²) >= 11 is 8.18. The minimum absolute atomic E-state index is 0.161. The third-order valence-electron chi connectivity index (χ3n) is 2.46. The molecule has 0 atom stereocenters. The summed E-state index contributed by atoms with van der Waals surface area (Å²) in [6.07, 6.45) is 0. The number of aromatic nitrogens is 1. The number of benzene rings is 1. The summed E-state index contributed by atoms with van der Waals surface area (Å²) in [6.45, 7) is 4.15. The highest BCUT2D eigenvalue weighted by molar-refractivity contribution is 9.11. The van der Waals surface area contributed by atoms with Gasteiger partial charge in [0.05, 0.1) is 5.69 Å². The maximum atomic E-state index is 12.1. The Bertz CT molecular complexity index is 590. The molecule has 3 nitrogen and oxygen atoms in total. The van der Waals surface area contributed by atoms with Gasteiger partial charge in [-0.2, -0.15) is 0 Å². The Morgan fingerprint density at radius 3 is 2.42 bits per heavy atom. The lowest BCUT2D eigenvalue weighted by molar-refractivity contribution is 0.102. The van der Waals surface area contributed by atoms with Crippen LogP contribution in [0.5, 0.6) is 0 Å². The molecule has 6 heteroatoms. The lowest BCUT2D eigenvalue weighted by Gasteiger charge is -2.03. The Kier molecular flexibility index (Phi) is 4.76. The molecule has 0 unspecified atom stereocenters. The summed E-state index contributed by atoms with van der Waals surface area (Å²) in [7, 11) is 0. The number of thiazole rings is 1. The summed E-state index contributed by atoms with van der Waals surface area (Å²) in [5.74, 6) is 0.202. The first-order valence-corrected chi connectivity index (χ1v) is 8.15. The fourth-order valence-corrected chi connectivity index (χ4v) is 3.62. The van der Waals surface area contributed by atoms with Gasteiger partial charge in [-0.1, -0.05) is 45.7 Å². The third-order valence-corrected chi connectivity index (χ3v) is 4.15. The van der Waals surface area contributed by atoms with E-state index in [2.05, 4.69) is 56.0 Å². The summed E-state index contributed by atoms with van der Waals surface area (Å²) in [5.41, 5.74) is 1.58. The number of hydrogen-bond donors (Lipinski definition) is 1. The Morgan fingerprint density at radius 2 is 1.89 bits per heavy atom. The third kappa shape index (κ3) is 3.87. The van der Waals surface area contributed by atoms with Gasteiger partial charge in [-0.3, -0.25) is 10.1 Å². The van der Waals surface area contributed by atoms with Crippen LogP contribution in [0.2, 0.25) is 0 Å². The van der Waals surface area contributed by atoms with E-state index in [1.54, 1.807) is 12.1 Å². The molecule has 0 saturated heterocycles. The van der Waals surface area contributed by atoms with Crippen molar-refractivity contribution in [3.8, 4) is 0 Å². The molecule has 1 amide bonds. The predicted molar refractivity (Wildman–Crippen MR) is 86.0 cm³/mol. The van der Waals surface area contributed by atoms with Crippen LogP contribution in [0.1, 0.15) is 35.8 Å². The van der Waals surface area contributed by atoms with Crippen molar-refractivity contribution in [1.82, 2.24) is 4.98 Å². The number of anilines is 1. The van der Waals surface area contributed by atoms with Gasteiger partial charge in [-0.05, 0) is 24.1 Å². The lowest BCUT2D eigenvalue weighted by atomic mass is 10.2. The molecule has 1 N–H and O–H groups in total. The van der Waals surface area contributed by atoms with Gasteiger partial charge in [0.1, 0.15) is 0 Å². The summed E-state index contributed by atoms with van der Waals surface area (Å²) in [6, 6.07) is 5.44. The summed E-state index contributed by atoms with van der Waals surface area (Å²) in [5, 5.41) is 5.41. The fourth-order valence-electron chi connectivity index (χ4n) is 1.46. The number of hydrogen-bond acceptors (Lipinski definition) is 3. The molecule has 0 aliphatic carbocycles. The molecule has 1 aromatic heterocycles. The van der Waals surface area contributed by atoms with Gasteiger partial charge in [0, 0.05) is 19.9 Å². The molecule has 1 aromatic carbocycles. The Balaban J connectivity index is 2.15. The normalized spacial score (nSPS) is 10.8. The topological polar surface area (TPSA) is 42.0 Å². The zero-order chi connectivity index (χ0) is 14.0. The Hall–Kier alpha value is -0.720. The fraction of sp³-hybridized carbons (Fsp3) is 0.231. The Morgan fingerprint density at radius 1 is 1.26 bits per heavy atom. The van der Waals surface area contributed by atoms with E-state index in [4.69, 9.17) is 0 Å². The highest BCUT2D eigenvalue weighted by atomic mass is 79.9. The van der Waals surface area contributed by atoms with Crippen molar-refractivity contribution in [3.05, 3.63) is 43.8 Å². The standard InChI is InChI=1S/C13H12Br2N2OS/c1-7(2)11-6-19-13(16-11)17-12(18)8-3-9(14)5-10(15)4-8/h3-7H,1-2H3,(H,16,17,18). The lowest BCUT2D eigenvalue weighted by Crippen LogP contribution is -2.11. The molecule has 0 bridgehead atoms. The quantitative estimate of drug-likeness (QED) is 0.779. The highest BCUT2D eigenvalue weighted by Crippen LogP contribution is 2.24. The van der Waals surface area contributed by atoms with E-state index in [-0.39, 0.29) is 5.91 Å². The number of nitrogens with zero attached hydrogens (tertiary/aromatic N) is 1. The second kappa shape index (κ2) is 6.15. The van der Waals surface area contributed by atoms with Gasteiger partial charge in [-0.15, -0.1) is 11.3 Å². The Labute approximate surface area is 132 Å². The average Bonchev–Trinajstić information content (AvgIpc) is 2.76. The van der Waals surface area contributed by atoms with Crippen LogP contribution in [0.4, 0.5) is 5.13 Å². The van der Waals surface area contributed by atoms with E-state index in [0.29, 0.717) is 16.6 Å². The van der Waals surface area contributed by atoms with E-state index in [9.17, 15) is 4.79 Å². The van der Waals surface area contributed by atoms with Gasteiger partial charge >= 0.3 is 0 Å². The minimum atomic E-state index is -0.161. The van der Waals surface area contributed by atoms with Crippen molar-refractivity contribution in [2.45, 2.75) is 19.8 Å². The van der Waals surface area contributed by atoms with E-state index in [1.807, 2.05) is 11.4 Å². The van der Waals surface area contributed by atoms with Crippen molar-refractivity contribution in [2.24, 2.45) is 0 Å². The molecule has 2 rings (SSSR count). The second-order valence-corrected chi connectivity index (χ2v) is 7.03. The number of carbonyl (C=O) groups is 1. The molecule has 1 heterocycles. The van der Waals surface area contributed by atoms with Gasteiger partial charge in [-0.25, -0.2) is 4.98 Å². The van der Waals surface area contributed by atoms with Crippen LogP contribution in [-0.4, -0.2) is 10.9 Å². The molecule has 0 radical (unpaired) electrons. The second-order valence-electron chi connectivity index (χ2n) is 4.34. The molecule has 19 heavy (non-hydrogen) atoms.